The normalized spacial score (nSPS) is 13.9. The lowest BCUT2D eigenvalue weighted by Crippen LogP contribution is -2.12. The molecule has 0 aliphatic heterocycles. The summed E-state index contributed by atoms with van der Waals surface area (Å²) in [6.45, 7) is 0.186. The van der Waals surface area contributed by atoms with E-state index in [2.05, 4.69) is 4.98 Å². The van der Waals surface area contributed by atoms with Crippen LogP contribution >= 0.6 is 0 Å². The quantitative estimate of drug-likeness (QED) is 0.531. The van der Waals surface area contributed by atoms with Gasteiger partial charge in [-0.15, -0.1) is 0 Å². The Morgan fingerprint density at radius 1 is 1.00 bits per heavy atom. The van der Waals surface area contributed by atoms with Crippen LogP contribution in [0.2, 0.25) is 0 Å². The fourth-order valence-corrected chi connectivity index (χ4v) is 3.48. The molecule has 2 heterocycles. The van der Waals surface area contributed by atoms with Crippen LogP contribution in [0, 0.1) is 0 Å². The van der Waals surface area contributed by atoms with Gasteiger partial charge < -0.3 is 4.74 Å². The van der Waals surface area contributed by atoms with E-state index < -0.39 is 0 Å². The number of pyridine rings is 2. The van der Waals surface area contributed by atoms with E-state index in [9.17, 15) is 4.79 Å². The summed E-state index contributed by atoms with van der Waals surface area (Å²) in [5.41, 5.74) is 4.44. The smallest absolute Gasteiger partial charge is 0.339 e. The lowest BCUT2D eigenvalue weighted by atomic mass is 9.97. The number of hydrogen-bond donors (Lipinski definition) is 0. The second-order valence-electron chi connectivity index (χ2n) is 6.39. The number of esters is 1. The Bertz CT molecular complexity index is 906. The maximum atomic E-state index is 12.9. The summed E-state index contributed by atoms with van der Waals surface area (Å²) in [7, 11) is 0. The van der Waals surface area contributed by atoms with E-state index in [0.29, 0.717) is 5.56 Å². The van der Waals surface area contributed by atoms with Crippen molar-refractivity contribution >= 4 is 16.9 Å². The molecule has 1 aliphatic carbocycles. The Balaban J connectivity index is 1.74. The van der Waals surface area contributed by atoms with Crippen molar-refractivity contribution in [3.8, 4) is 0 Å². The van der Waals surface area contributed by atoms with Crippen LogP contribution in [0.1, 0.15) is 46.6 Å². The maximum Gasteiger partial charge on any atom is 0.339 e. The summed E-state index contributed by atoms with van der Waals surface area (Å²) >= 11 is 0. The van der Waals surface area contributed by atoms with Crippen molar-refractivity contribution in [3.05, 3.63) is 71.2 Å². The van der Waals surface area contributed by atoms with Crippen molar-refractivity contribution in [3.63, 3.8) is 0 Å². The number of aromatic nitrogens is 2. The first-order valence-corrected chi connectivity index (χ1v) is 8.80. The van der Waals surface area contributed by atoms with E-state index in [1.54, 1.807) is 6.20 Å². The molecule has 4 rings (SSSR count). The van der Waals surface area contributed by atoms with Gasteiger partial charge in [0.1, 0.15) is 6.61 Å². The minimum absolute atomic E-state index is 0.186. The molecule has 0 amide bonds. The number of para-hydroxylation sites is 1. The largest absolute Gasteiger partial charge is 0.456 e. The van der Waals surface area contributed by atoms with Crippen molar-refractivity contribution in [2.45, 2.75) is 38.7 Å². The van der Waals surface area contributed by atoms with Crippen LogP contribution in [0.15, 0.2) is 48.7 Å². The zero-order valence-corrected chi connectivity index (χ0v) is 14.1. The first-order valence-electron chi connectivity index (χ1n) is 8.80. The summed E-state index contributed by atoms with van der Waals surface area (Å²) in [5, 5.41) is 0.883. The van der Waals surface area contributed by atoms with Gasteiger partial charge in [0.2, 0.25) is 0 Å². The summed E-state index contributed by atoms with van der Waals surface area (Å²) in [5.74, 6) is -0.276. The summed E-state index contributed by atoms with van der Waals surface area (Å²) in [6, 6.07) is 13.4. The Labute approximate surface area is 146 Å². The van der Waals surface area contributed by atoms with Crippen LogP contribution in [0.4, 0.5) is 0 Å². The predicted octanol–water partition coefficient (Wildman–Crippen LogP) is 4.26. The number of carbonyl (C=O) groups excluding carboxylic acids is 1. The van der Waals surface area contributed by atoms with Gasteiger partial charge >= 0.3 is 5.97 Å². The number of hydrogen-bond acceptors (Lipinski definition) is 4. The van der Waals surface area contributed by atoms with Gasteiger partial charge in [-0.05, 0) is 49.4 Å². The molecular weight excluding hydrogens is 312 g/mol. The number of nitrogens with zero attached hydrogens (tertiary/aromatic N) is 2. The van der Waals surface area contributed by atoms with Gasteiger partial charge in [-0.2, -0.15) is 0 Å². The van der Waals surface area contributed by atoms with Crippen molar-refractivity contribution in [2.75, 3.05) is 0 Å². The molecule has 0 bridgehead atoms. The van der Waals surface area contributed by atoms with Crippen molar-refractivity contribution < 1.29 is 9.53 Å². The Hall–Kier alpha value is -2.75. The molecule has 4 heteroatoms. The molecule has 0 unspecified atom stereocenters. The topological polar surface area (TPSA) is 52.1 Å². The summed E-state index contributed by atoms with van der Waals surface area (Å²) in [6.07, 6.45) is 6.92. The number of fused-ring (bicyclic) bond motifs is 2. The van der Waals surface area contributed by atoms with E-state index >= 15 is 0 Å². The SMILES string of the molecule is O=C(OCc1ccccn1)c1c2c(nc3ccccc13)CCCCC2. The minimum Gasteiger partial charge on any atom is -0.456 e. The van der Waals surface area contributed by atoms with E-state index in [1.165, 1.54) is 6.42 Å². The number of aryl methyl sites for hydroxylation is 1. The minimum atomic E-state index is -0.276. The fourth-order valence-electron chi connectivity index (χ4n) is 3.48. The molecule has 25 heavy (non-hydrogen) atoms. The molecule has 4 nitrogen and oxygen atoms in total. The van der Waals surface area contributed by atoms with E-state index in [4.69, 9.17) is 9.72 Å². The summed E-state index contributed by atoms with van der Waals surface area (Å²) in [4.78, 5) is 22.0. The molecule has 2 aromatic heterocycles. The molecule has 0 radical (unpaired) electrons. The molecule has 1 aromatic carbocycles. The van der Waals surface area contributed by atoms with Crippen LogP contribution in [0.5, 0.6) is 0 Å². The molecule has 1 aliphatic rings. The van der Waals surface area contributed by atoms with Crippen LogP contribution in [-0.2, 0) is 24.2 Å². The second kappa shape index (κ2) is 7.01. The number of benzene rings is 1. The molecule has 0 N–H and O–H groups in total. The Kier molecular flexibility index (Phi) is 4.42. The molecule has 3 aromatic rings. The Morgan fingerprint density at radius 3 is 2.72 bits per heavy atom. The number of rotatable bonds is 3. The fraction of sp³-hybridized carbons (Fsp3) is 0.286. The highest BCUT2D eigenvalue weighted by atomic mass is 16.5. The first-order chi connectivity index (χ1) is 12.3. The zero-order chi connectivity index (χ0) is 17.1. The molecule has 0 atom stereocenters. The van der Waals surface area contributed by atoms with Crippen molar-refractivity contribution in [1.82, 2.24) is 9.97 Å². The molecule has 126 valence electrons. The van der Waals surface area contributed by atoms with Gasteiger partial charge in [0.05, 0.1) is 16.8 Å². The second-order valence-corrected chi connectivity index (χ2v) is 6.39. The third-order valence-corrected chi connectivity index (χ3v) is 4.70. The highest BCUT2D eigenvalue weighted by Crippen LogP contribution is 2.29. The Morgan fingerprint density at radius 2 is 1.84 bits per heavy atom. The summed E-state index contributed by atoms with van der Waals surface area (Å²) < 4.78 is 5.60. The zero-order valence-electron chi connectivity index (χ0n) is 14.1. The third-order valence-electron chi connectivity index (χ3n) is 4.70. The van der Waals surface area contributed by atoms with E-state index in [1.807, 2.05) is 42.5 Å². The van der Waals surface area contributed by atoms with E-state index in [-0.39, 0.29) is 12.6 Å². The number of ether oxygens (including phenoxy) is 1. The van der Waals surface area contributed by atoms with Gasteiger partial charge in [0.15, 0.2) is 0 Å². The monoisotopic (exact) mass is 332 g/mol. The maximum absolute atomic E-state index is 12.9. The van der Waals surface area contributed by atoms with Crippen LogP contribution in [0.25, 0.3) is 10.9 Å². The highest BCUT2D eigenvalue weighted by molar-refractivity contribution is 6.05. The van der Waals surface area contributed by atoms with Crippen LogP contribution in [0.3, 0.4) is 0 Å². The molecule has 0 saturated heterocycles. The molecular formula is C21H20N2O2. The standard InChI is InChI=1S/C21H20N2O2/c24-21(25-14-15-8-6-7-13-22-15)20-16-9-2-1-3-11-18(16)23-19-12-5-4-10-17(19)20/h4-8,10,12-13H,1-3,9,11,14H2. The first kappa shape index (κ1) is 15.8. The van der Waals surface area contributed by atoms with Gasteiger partial charge in [-0.3, -0.25) is 9.97 Å². The van der Waals surface area contributed by atoms with Gasteiger partial charge in [-0.25, -0.2) is 4.79 Å². The van der Waals surface area contributed by atoms with E-state index in [0.717, 1.165) is 53.5 Å². The highest BCUT2D eigenvalue weighted by Gasteiger charge is 2.22. The lowest BCUT2D eigenvalue weighted by molar-refractivity contribution is 0.0468. The molecule has 0 saturated carbocycles. The number of carbonyl (C=O) groups is 1. The van der Waals surface area contributed by atoms with Crippen molar-refractivity contribution in [2.24, 2.45) is 0 Å². The van der Waals surface area contributed by atoms with Crippen LogP contribution < -0.4 is 0 Å². The average molecular weight is 332 g/mol. The van der Waals surface area contributed by atoms with Gasteiger partial charge in [0.25, 0.3) is 0 Å². The predicted molar refractivity (Wildman–Crippen MR) is 96.4 cm³/mol. The molecule has 0 spiro atoms. The average Bonchev–Trinajstić information content (AvgIpc) is 2.90. The van der Waals surface area contributed by atoms with Gasteiger partial charge in [0, 0.05) is 17.3 Å². The lowest BCUT2D eigenvalue weighted by Gasteiger charge is -2.14. The van der Waals surface area contributed by atoms with Crippen LogP contribution in [-0.4, -0.2) is 15.9 Å². The van der Waals surface area contributed by atoms with Crippen molar-refractivity contribution in [1.29, 1.82) is 0 Å². The van der Waals surface area contributed by atoms with Gasteiger partial charge in [-0.1, -0.05) is 30.7 Å². The molecule has 0 fully saturated rings. The third kappa shape index (κ3) is 3.25.